The maximum atomic E-state index is 13.2. The van der Waals surface area contributed by atoms with E-state index in [1.54, 1.807) is 6.20 Å². The molecule has 3 fully saturated rings. The summed E-state index contributed by atoms with van der Waals surface area (Å²) < 4.78 is 2.03. The number of pyridine rings is 1. The van der Waals surface area contributed by atoms with Gasteiger partial charge in [0, 0.05) is 63.9 Å². The average Bonchev–Trinajstić information content (AvgIpc) is 3.23. The van der Waals surface area contributed by atoms with Gasteiger partial charge in [-0.2, -0.15) is 4.98 Å². The van der Waals surface area contributed by atoms with Crippen molar-refractivity contribution in [3.8, 4) is 0 Å². The molecule has 0 radical (unpaired) electrons. The van der Waals surface area contributed by atoms with Crippen LogP contribution in [0, 0.1) is 0 Å². The van der Waals surface area contributed by atoms with Crippen LogP contribution in [0.2, 0.25) is 0 Å². The molecule has 0 spiro atoms. The smallest absolute Gasteiger partial charge is 0.272 e. The van der Waals surface area contributed by atoms with Crippen LogP contribution in [0.4, 0.5) is 17.5 Å². The maximum Gasteiger partial charge on any atom is 0.272 e. The summed E-state index contributed by atoms with van der Waals surface area (Å²) in [4.78, 5) is 31.4. The Labute approximate surface area is 198 Å². The second-order valence-electron chi connectivity index (χ2n) is 9.24. The van der Waals surface area contributed by atoms with Gasteiger partial charge in [0.25, 0.3) is 5.91 Å². The Bertz CT molecular complexity index is 1160. The van der Waals surface area contributed by atoms with Crippen molar-refractivity contribution >= 4 is 34.4 Å². The monoisotopic (exact) mass is 461 g/mol. The summed E-state index contributed by atoms with van der Waals surface area (Å²) in [5, 5.41) is 9.76. The summed E-state index contributed by atoms with van der Waals surface area (Å²) in [7, 11) is 0. The number of rotatable bonds is 5. The van der Waals surface area contributed by atoms with Crippen molar-refractivity contribution in [3.63, 3.8) is 0 Å². The number of carbonyl (C=O) groups excluding carboxylic acids is 1. The molecule has 3 aromatic rings. The zero-order valence-electron chi connectivity index (χ0n) is 19.4. The van der Waals surface area contributed by atoms with Gasteiger partial charge in [-0.1, -0.05) is 0 Å². The zero-order valence-corrected chi connectivity index (χ0v) is 19.4. The molecule has 3 aliphatic heterocycles. The molecule has 10 nitrogen and oxygen atoms in total. The summed E-state index contributed by atoms with van der Waals surface area (Å²) >= 11 is 0. The molecule has 0 saturated carbocycles. The Kier molecular flexibility index (Phi) is 5.66. The van der Waals surface area contributed by atoms with Crippen molar-refractivity contribution in [2.45, 2.75) is 25.7 Å². The number of likely N-dealkylation sites (tertiary alicyclic amines) is 1. The lowest BCUT2D eigenvalue weighted by Crippen LogP contribution is -2.46. The minimum Gasteiger partial charge on any atom is -0.368 e. The summed E-state index contributed by atoms with van der Waals surface area (Å²) in [5.74, 6) is 1.26. The molecular formula is C24H31N9O. The van der Waals surface area contributed by atoms with Crippen molar-refractivity contribution in [2.75, 3.05) is 67.6 Å². The standard InChI is InChI=1S/C24H31N9O/c34-23(31-9-4-10-31)20-15-18-16-27-24(29-22(18)33(20)32-11-2-1-3-12-32)28-21-6-5-19(17-26-21)30-13-7-25-8-14-30/h5-6,15-17,25H,1-4,7-14H2,(H,26,27,28,29). The van der Waals surface area contributed by atoms with Crippen molar-refractivity contribution in [1.82, 2.24) is 29.8 Å². The third kappa shape index (κ3) is 4.02. The van der Waals surface area contributed by atoms with Crippen LogP contribution in [0.1, 0.15) is 36.2 Å². The van der Waals surface area contributed by atoms with Gasteiger partial charge in [-0.3, -0.25) is 4.79 Å². The van der Waals surface area contributed by atoms with Crippen LogP contribution in [0.15, 0.2) is 30.6 Å². The van der Waals surface area contributed by atoms with Gasteiger partial charge in [-0.15, -0.1) is 0 Å². The molecule has 6 rings (SSSR count). The molecular weight excluding hydrogens is 430 g/mol. The van der Waals surface area contributed by atoms with E-state index >= 15 is 0 Å². The molecule has 0 atom stereocenters. The summed E-state index contributed by atoms with van der Waals surface area (Å²) in [5.41, 5.74) is 2.57. The molecule has 34 heavy (non-hydrogen) atoms. The van der Waals surface area contributed by atoms with Gasteiger partial charge >= 0.3 is 0 Å². The molecule has 0 aliphatic carbocycles. The van der Waals surface area contributed by atoms with Crippen molar-refractivity contribution in [3.05, 3.63) is 36.3 Å². The maximum absolute atomic E-state index is 13.2. The molecule has 3 aliphatic rings. The van der Waals surface area contributed by atoms with Gasteiger partial charge in [0.1, 0.15) is 11.5 Å². The molecule has 0 aromatic carbocycles. The van der Waals surface area contributed by atoms with Gasteiger partial charge in [0.15, 0.2) is 5.65 Å². The minimum absolute atomic E-state index is 0.0782. The second kappa shape index (κ2) is 9.09. The van der Waals surface area contributed by atoms with Crippen molar-refractivity contribution < 1.29 is 4.79 Å². The van der Waals surface area contributed by atoms with Crippen LogP contribution in [0.25, 0.3) is 11.0 Å². The van der Waals surface area contributed by atoms with E-state index < -0.39 is 0 Å². The summed E-state index contributed by atoms with van der Waals surface area (Å²) in [6.07, 6.45) is 8.24. The highest BCUT2D eigenvalue weighted by atomic mass is 16.2. The number of hydrogen-bond donors (Lipinski definition) is 2. The number of amides is 1. The SMILES string of the molecule is O=C(c1cc2cnc(Nc3ccc(N4CCNCC4)cn3)nc2n1N1CCCCC1)N1CCC1. The molecule has 3 saturated heterocycles. The van der Waals surface area contributed by atoms with E-state index in [1.807, 2.05) is 27.9 Å². The summed E-state index contributed by atoms with van der Waals surface area (Å²) in [6.45, 7) is 7.46. The highest BCUT2D eigenvalue weighted by Crippen LogP contribution is 2.25. The summed E-state index contributed by atoms with van der Waals surface area (Å²) in [6, 6.07) is 5.99. The van der Waals surface area contributed by atoms with Crippen LogP contribution < -0.4 is 20.5 Å². The number of aromatic nitrogens is 4. The fraction of sp³-hybridized carbons (Fsp3) is 0.500. The lowest BCUT2D eigenvalue weighted by Gasteiger charge is -2.34. The Morgan fingerprint density at radius 3 is 2.44 bits per heavy atom. The predicted molar refractivity (Wildman–Crippen MR) is 132 cm³/mol. The highest BCUT2D eigenvalue weighted by Gasteiger charge is 2.28. The Morgan fingerprint density at radius 1 is 0.912 bits per heavy atom. The van der Waals surface area contributed by atoms with E-state index in [0.29, 0.717) is 17.5 Å². The van der Waals surface area contributed by atoms with E-state index in [0.717, 1.165) is 88.3 Å². The van der Waals surface area contributed by atoms with E-state index in [2.05, 4.69) is 36.6 Å². The molecule has 3 aromatic heterocycles. The first-order valence-electron chi connectivity index (χ1n) is 12.4. The molecule has 0 bridgehead atoms. The average molecular weight is 462 g/mol. The van der Waals surface area contributed by atoms with Crippen LogP contribution in [-0.2, 0) is 0 Å². The van der Waals surface area contributed by atoms with Crippen LogP contribution in [0.5, 0.6) is 0 Å². The Hall–Kier alpha value is -3.40. The van der Waals surface area contributed by atoms with E-state index in [-0.39, 0.29) is 5.91 Å². The zero-order chi connectivity index (χ0) is 22.9. The highest BCUT2D eigenvalue weighted by molar-refractivity contribution is 5.98. The minimum atomic E-state index is 0.0782. The number of fused-ring (bicyclic) bond motifs is 1. The lowest BCUT2D eigenvalue weighted by molar-refractivity contribution is 0.0640. The first kappa shape index (κ1) is 21.2. The second-order valence-corrected chi connectivity index (χ2v) is 9.24. The van der Waals surface area contributed by atoms with E-state index in [4.69, 9.17) is 4.98 Å². The van der Waals surface area contributed by atoms with Crippen molar-refractivity contribution in [1.29, 1.82) is 0 Å². The topological polar surface area (TPSA) is 94.4 Å². The Morgan fingerprint density at radius 2 is 1.74 bits per heavy atom. The van der Waals surface area contributed by atoms with Gasteiger partial charge in [-0.05, 0) is 43.9 Å². The molecule has 6 heterocycles. The first-order chi connectivity index (χ1) is 16.8. The van der Waals surface area contributed by atoms with Crippen LogP contribution >= 0.6 is 0 Å². The molecule has 178 valence electrons. The quantitative estimate of drug-likeness (QED) is 0.596. The van der Waals surface area contributed by atoms with Crippen LogP contribution in [0.3, 0.4) is 0 Å². The Balaban J connectivity index is 1.29. The third-order valence-corrected chi connectivity index (χ3v) is 6.96. The van der Waals surface area contributed by atoms with Gasteiger partial charge < -0.3 is 25.4 Å². The van der Waals surface area contributed by atoms with Gasteiger partial charge in [-0.25, -0.2) is 14.6 Å². The van der Waals surface area contributed by atoms with Crippen molar-refractivity contribution in [2.24, 2.45) is 0 Å². The molecule has 2 N–H and O–H groups in total. The van der Waals surface area contributed by atoms with Gasteiger partial charge in [0.2, 0.25) is 5.95 Å². The van der Waals surface area contributed by atoms with E-state index in [1.165, 1.54) is 6.42 Å². The molecule has 0 unspecified atom stereocenters. The number of nitrogens with one attached hydrogen (secondary N) is 2. The number of piperidine rings is 1. The van der Waals surface area contributed by atoms with Gasteiger partial charge in [0.05, 0.1) is 11.9 Å². The normalized spacial score (nSPS) is 18.8. The predicted octanol–water partition coefficient (Wildman–Crippen LogP) is 1.95. The third-order valence-electron chi connectivity index (χ3n) is 6.96. The largest absolute Gasteiger partial charge is 0.368 e. The number of nitrogens with zero attached hydrogens (tertiary/aromatic N) is 7. The van der Waals surface area contributed by atoms with Crippen LogP contribution in [-0.4, -0.2) is 82.8 Å². The number of anilines is 3. The fourth-order valence-electron chi connectivity index (χ4n) is 4.92. The molecule has 1 amide bonds. The molecule has 10 heteroatoms. The number of hydrogen-bond acceptors (Lipinski definition) is 8. The van der Waals surface area contributed by atoms with E-state index in [9.17, 15) is 4.79 Å². The first-order valence-corrected chi connectivity index (χ1v) is 12.4. The number of carbonyl (C=O) groups is 1. The number of piperazine rings is 1. The lowest BCUT2D eigenvalue weighted by atomic mass is 10.2. The fourth-order valence-corrected chi connectivity index (χ4v) is 4.92.